The number of hydrogen-bond acceptors (Lipinski definition) is 3. The first-order chi connectivity index (χ1) is 11.0. The SMILES string of the molecule is C[C@@H](Cc1cccs1)NC(=O)CCNC(=O)c1ccc(F)cc1. The van der Waals surface area contributed by atoms with Crippen molar-refractivity contribution in [3.8, 4) is 0 Å². The van der Waals surface area contributed by atoms with Crippen LogP contribution in [0.2, 0.25) is 0 Å². The zero-order valence-electron chi connectivity index (χ0n) is 12.8. The molecule has 1 atom stereocenters. The summed E-state index contributed by atoms with van der Waals surface area (Å²) in [5, 5.41) is 7.56. The molecule has 0 saturated carbocycles. The van der Waals surface area contributed by atoms with Gasteiger partial charge in [0.25, 0.3) is 5.91 Å². The van der Waals surface area contributed by atoms with Crippen molar-refractivity contribution in [1.82, 2.24) is 10.6 Å². The normalized spacial score (nSPS) is 11.7. The predicted molar refractivity (Wildman–Crippen MR) is 89.0 cm³/mol. The summed E-state index contributed by atoms with van der Waals surface area (Å²) in [7, 11) is 0. The fourth-order valence-corrected chi connectivity index (χ4v) is 2.96. The number of thiophene rings is 1. The maximum atomic E-state index is 12.8. The summed E-state index contributed by atoms with van der Waals surface area (Å²) in [6.45, 7) is 2.20. The standard InChI is InChI=1S/C17H19FN2O2S/c1-12(11-15-3-2-10-23-15)20-16(21)8-9-19-17(22)13-4-6-14(18)7-5-13/h2-7,10,12H,8-9,11H2,1H3,(H,19,22)(H,20,21)/t12-/m0/s1. The molecule has 0 bridgehead atoms. The van der Waals surface area contributed by atoms with E-state index in [1.54, 1.807) is 11.3 Å². The topological polar surface area (TPSA) is 58.2 Å². The molecule has 0 radical (unpaired) electrons. The Kier molecular flexibility index (Phi) is 6.29. The third-order valence-corrected chi connectivity index (χ3v) is 4.14. The van der Waals surface area contributed by atoms with E-state index in [0.717, 1.165) is 6.42 Å². The average molecular weight is 334 g/mol. The lowest BCUT2D eigenvalue weighted by Gasteiger charge is -2.13. The second-order valence-corrected chi connectivity index (χ2v) is 6.30. The minimum Gasteiger partial charge on any atom is -0.353 e. The Morgan fingerprint density at radius 2 is 1.96 bits per heavy atom. The van der Waals surface area contributed by atoms with Crippen molar-refractivity contribution in [2.24, 2.45) is 0 Å². The van der Waals surface area contributed by atoms with Crippen molar-refractivity contribution in [1.29, 1.82) is 0 Å². The maximum Gasteiger partial charge on any atom is 0.251 e. The Morgan fingerprint density at radius 3 is 2.61 bits per heavy atom. The van der Waals surface area contributed by atoms with Crippen LogP contribution in [0.25, 0.3) is 0 Å². The van der Waals surface area contributed by atoms with Crippen LogP contribution in [0.15, 0.2) is 41.8 Å². The Bertz CT molecular complexity index is 641. The second kappa shape index (κ2) is 8.43. The third-order valence-electron chi connectivity index (χ3n) is 3.24. The molecule has 23 heavy (non-hydrogen) atoms. The molecule has 2 N–H and O–H groups in total. The highest BCUT2D eigenvalue weighted by Gasteiger charge is 2.10. The quantitative estimate of drug-likeness (QED) is 0.818. The van der Waals surface area contributed by atoms with Crippen LogP contribution >= 0.6 is 11.3 Å². The number of nitrogens with one attached hydrogen (secondary N) is 2. The third kappa shape index (κ3) is 5.83. The van der Waals surface area contributed by atoms with E-state index in [9.17, 15) is 14.0 Å². The van der Waals surface area contributed by atoms with Gasteiger partial charge in [0.05, 0.1) is 0 Å². The fourth-order valence-electron chi connectivity index (χ4n) is 2.12. The molecular formula is C17H19FN2O2S. The zero-order valence-corrected chi connectivity index (χ0v) is 13.7. The molecule has 6 heteroatoms. The predicted octanol–water partition coefficient (Wildman–Crippen LogP) is 2.75. The molecule has 2 aromatic rings. The van der Waals surface area contributed by atoms with Crippen LogP contribution in [0.3, 0.4) is 0 Å². The molecular weight excluding hydrogens is 315 g/mol. The highest BCUT2D eigenvalue weighted by Crippen LogP contribution is 2.10. The van der Waals surface area contributed by atoms with Gasteiger partial charge in [0.1, 0.15) is 5.82 Å². The summed E-state index contributed by atoms with van der Waals surface area (Å²) in [6, 6.07) is 9.35. The first-order valence-electron chi connectivity index (χ1n) is 7.40. The smallest absolute Gasteiger partial charge is 0.251 e. The molecule has 2 rings (SSSR count). The molecule has 122 valence electrons. The van der Waals surface area contributed by atoms with E-state index in [0.29, 0.717) is 5.56 Å². The van der Waals surface area contributed by atoms with Gasteiger partial charge in [-0.3, -0.25) is 9.59 Å². The molecule has 0 aliphatic rings. The lowest BCUT2D eigenvalue weighted by molar-refractivity contribution is -0.121. The summed E-state index contributed by atoms with van der Waals surface area (Å²) >= 11 is 1.66. The van der Waals surface area contributed by atoms with Gasteiger partial charge in [0.15, 0.2) is 0 Å². The first-order valence-corrected chi connectivity index (χ1v) is 8.28. The molecule has 0 spiro atoms. The van der Waals surface area contributed by atoms with Crippen LogP contribution in [0, 0.1) is 5.82 Å². The van der Waals surface area contributed by atoms with E-state index in [1.807, 2.05) is 24.4 Å². The Labute approximate surface area is 138 Å². The van der Waals surface area contributed by atoms with E-state index in [4.69, 9.17) is 0 Å². The van der Waals surface area contributed by atoms with Crippen molar-refractivity contribution in [2.75, 3.05) is 6.54 Å². The van der Waals surface area contributed by atoms with Gasteiger partial charge < -0.3 is 10.6 Å². The van der Waals surface area contributed by atoms with Gasteiger partial charge >= 0.3 is 0 Å². The van der Waals surface area contributed by atoms with Gasteiger partial charge in [-0.05, 0) is 42.6 Å². The molecule has 1 aromatic carbocycles. The van der Waals surface area contributed by atoms with Gasteiger partial charge in [-0.2, -0.15) is 0 Å². The Balaban J connectivity index is 1.68. The van der Waals surface area contributed by atoms with E-state index < -0.39 is 0 Å². The minimum absolute atomic E-state index is 0.0500. The van der Waals surface area contributed by atoms with Crippen LogP contribution < -0.4 is 10.6 Å². The lowest BCUT2D eigenvalue weighted by atomic mass is 10.2. The van der Waals surface area contributed by atoms with Crippen LogP contribution in [-0.4, -0.2) is 24.4 Å². The van der Waals surface area contributed by atoms with Crippen molar-refractivity contribution in [3.63, 3.8) is 0 Å². The number of carbonyl (C=O) groups excluding carboxylic acids is 2. The number of hydrogen-bond donors (Lipinski definition) is 2. The van der Waals surface area contributed by atoms with Gasteiger partial charge in [-0.1, -0.05) is 6.07 Å². The highest BCUT2D eigenvalue weighted by atomic mass is 32.1. The van der Waals surface area contributed by atoms with E-state index in [1.165, 1.54) is 29.1 Å². The molecule has 1 aromatic heterocycles. The van der Waals surface area contributed by atoms with Crippen LogP contribution in [-0.2, 0) is 11.2 Å². The number of benzene rings is 1. The van der Waals surface area contributed by atoms with Gasteiger partial charge in [0, 0.05) is 35.9 Å². The van der Waals surface area contributed by atoms with E-state index in [2.05, 4.69) is 10.6 Å². The molecule has 1 heterocycles. The fraction of sp³-hybridized carbons (Fsp3) is 0.294. The minimum atomic E-state index is -0.388. The second-order valence-electron chi connectivity index (χ2n) is 5.26. The Hall–Kier alpha value is -2.21. The summed E-state index contributed by atoms with van der Waals surface area (Å²) in [4.78, 5) is 24.9. The van der Waals surface area contributed by atoms with E-state index in [-0.39, 0.29) is 36.6 Å². The molecule has 4 nitrogen and oxygen atoms in total. The molecule has 0 saturated heterocycles. The molecule has 2 amide bonds. The summed E-state index contributed by atoms with van der Waals surface area (Å²) in [5.41, 5.74) is 0.373. The van der Waals surface area contributed by atoms with Gasteiger partial charge in [-0.25, -0.2) is 4.39 Å². The highest BCUT2D eigenvalue weighted by molar-refractivity contribution is 7.09. The van der Waals surface area contributed by atoms with Crippen LogP contribution in [0.4, 0.5) is 4.39 Å². The molecule has 0 aliphatic carbocycles. The molecule has 0 aliphatic heterocycles. The number of amides is 2. The maximum absolute atomic E-state index is 12.8. The summed E-state index contributed by atoms with van der Waals surface area (Å²) < 4.78 is 12.8. The first kappa shape index (κ1) is 17.1. The van der Waals surface area contributed by atoms with Gasteiger partial charge in [0.2, 0.25) is 5.91 Å². The van der Waals surface area contributed by atoms with Crippen molar-refractivity contribution in [3.05, 3.63) is 58.0 Å². The van der Waals surface area contributed by atoms with Crippen LogP contribution in [0.5, 0.6) is 0 Å². The van der Waals surface area contributed by atoms with Crippen LogP contribution in [0.1, 0.15) is 28.6 Å². The number of carbonyl (C=O) groups is 2. The van der Waals surface area contributed by atoms with Crippen molar-refractivity contribution < 1.29 is 14.0 Å². The zero-order chi connectivity index (χ0) is 16.7. The van der Waals surface area contributed by atoms with Crippen molar-refractivity contribution >= 4 is 23.2 Å². The van der Waals surface area contributed by atoms with Crippen molar-refractivity contribution in [2.45, 2.75) is 25.8 Å². The van der Waals surface area contributed by atoms with E-state index >= 15 is 0 Å². The van der Waals surface area contributed by atoms with Gasteiger partial charge in [-0.15, -0.1) is 11.3 Å². The summed E-state index contributed by atoms with van der Waals surface area (Å²) in [6.07, 6.45) is 1.01. The monoisotopic (exact) mass is 334 g/mol. The lowest BCUT2D eigenvalue weighted by Crippen LogP contribution is -2.36. The average Bonchev–Trinajstić information content (AvgIpc) is 3.00. The molecule has 0 unspecified atom stereocenters. The summed E-state index contributed by atoms with van der Waals surface area (Å²) in [5.74, 6) is -0.807. The Morgan fingerprint density at radius 1 is 1.22 bits per heavy atom. The number of halogens is 1. The number of rotatable bonds is 7. The largest absolute Gasteiger partial charge is 0.353 e. The molecule has 0 fully saturated rings.